The molecular weight excluding hydrogens is 342 g/mol. The second-order valence-electron chi connectivity index (χ2n) is 3.55. The van der Waals surface area contributed by atoms with Crippen molar-refractivity contribution in [2.75, 3.05) is 0 Å². The van der Waals surface area contributed by atoms with Gasteiger partial charge in [-0.05, 0) is 34.5 Å². The first-order chi connectivity index (χ1) is 8.54. The molecule has 2 nitrogen and oxygen atoms in total. The van der Waals surface area contributed by atoms with Crippen molar-refractivity contribution in [3.8, 4) is 11.4 Å². The Kier molecular flexibility index (Phi) is 4.20. The van der Waals surface area contributed by atoms with Crippen LogP contribution in [-0.4, -0.2) is 9.97 Å². The largest absolute Gasteiger partial charge is 0.232 e. The maximum Gasteiger partial charge on any atom is 0.164 e. The summed E-state index contributed by atoms with van der Waals surface area (Å²) in [5, 5.41) is 0.296. The molecule has 1 aromatic heterocycles. The van der Waals surface area contributed by atoms with Gasteiger partial charge in [0.05, 0.1) is 20.8 Å². The number of benzene rings is 1. The molecule has 0 spiro atoms. The highest BCUT2D eigenvalue weighted by Crippen LogP contribution is 2.30. The topological polar surface area (TPSA) is 25.8 Å². The van der Waals surface area contributed by atoms with E-state index < -0.39 is 5.82 Å². The second-order valence-corrected chi connectivity index (χ2v) is 5.11. The number of aromatic nitrogens is 2. The SMILES string of the molecule is CCc1nc(-c2cccc(Cl)c2F)nc(Cl)c1Br. The predicted molar refractivity (Wildman–Crippen MR) is 74.5 cm³/mol. The van der Waals surface area contributed by atoms with E-state index in [4.69, 9.17) is 23.2 Å². The van der Waals surface area contributed by atoms with Crippen LogP contribution in [0.2, 0.25) is 10.2 Å². The van der Waals surface area contributed by atoms with Crippen molar-refractivity contribution in [2.24, 2.45) is 0 Å². The third-order valence-electron chi connectivity index (χ3n) is 2.41. The van der Waals surface area contributed by atoms with Gasteiger partial charge < -0.3 is 0 Å². The predicted octanol–water partition coefficient (Wildman–Crippen LogP) is 4.91. The molecule has 18 heavy (non-hydrogen) atoms. The van der Waals surface area contributed by atoms with Crippen LogP contribution in [0, 0.1) is 5.82 Å². The van der Waals surface area contributed by atoms with E-state index in [2.05, 4.69) is 25.9 Å². The molecule has 1 heterocycles. The number of aryl methyl sites for hydroxylation is 1. The third kappa shape index (κ3) is 2.51. The first-order valence-corrected chi connectivity index (χ1v) is 6.75. The van der Waals surface area contributed by atoms with Crippen LogP contribution in [-0.2, 0) is 6.42 Å². The standard InChI is InChI=1S/C12H8BrCl2FN2/c1-2-8-9(13)11(15)18-12(17-8)6-4-3-5-7(14)10(6)16/h3-5H,2H2,1H3. The summed E-state index contributed by atoms with van der Waals surface area (Å²) in [6.45, 7) is 1.93. The highest BCUT2D eigenvalue weighted by molar-refractivity contribution is 9.10. The third-order valence-corrected chi connectivity index (χ3v) is 4.03. The normalized spacial score (nSPS) is 10.7. The lowest BCUT2D eigenvalue weighted by Gasteiger charge is -2.08. The summed E-state index contributed by atoms with van der Waals surface area (Å²) >= 11 is 15.0. The Bertz CT molecular complexity index is 605. The van der Waals surface area contributed by atoms with Crippen LogP contribution in [0.1, 0.15) is 12.6 Å². The van der Waals surface area contributed by atoms with Gasteiger partial charge in [-0.1, -0.05) is 36.2 Å². The molecule has 0 radical (unpaired) electrons. The number of hydrogen-bond acceptors (Lipinski definition) is 2. The lowest BCUT2D eigenvalue weighted by molar-refractivity contribution is 0.630. The summed E-state index contributed by atoms with van der Waals surface area (Å²) in [6.07, 6.45) is 0.665. The maximum atomic E-state index is 13.9. The second kappa shape index (κ2) is 5.51. The van der Waals surface area contributed by atoms with Gasteiger partial charge >= 0.3 is 0 Å². The molecule has 0 saturated carbocycles. The smallest absolute Gasteiger partial charge is 0.164 e. The van der Waals surface area contributed by atoms with E-state index in [-0.39, 0.29) is 21.6 Å². The van der Waals surface area contributed by atoms with Crippen molar-refractivity contribution in [1.82, 2.24) is 9.97 Å². The summed E-state index contributed by atoms with van der Waals surface area (Å²) in [4.78, 5) is 8.35. The minimum absolute atomic E-state index is 0.0354. The van der Waals surface area contributed by atoms with Gasteiger partial charge in [-0.15, -0.1) is 0 Å². The van der Waals surface area contributed by atoms with Crippen molar-refractivity contribution in [2.45, 2.75) is 13.3 Å². The van der Waals surface area contributed by atoms with Crippen LogP contribution < -0.4 is 0 Å². The number of hydrogen-bond donors (Lipinski definition) is 0. The summed E-state index contributed by atoms with van der Waals surface area (Å²) in [5.74, 6) is -0.306. The molecule has 0 amide bonds. The van der Waals surface area contributed by atoms with Crippen molar-refractivity contribution in [3.05, 3.63) is 44.4 Å². The number of rotatable bonds is 2. The zero-order chi connectivity index (χ0) is 13.3. The highest BCUT2D eigenvalue weighted by atomic mass is 79.9. The maximum absolute atomic E-state index is 13.9. The van der Waals surface area contributed by atoms with Crippen LogP contribution >= 0.6 is 39.1 Å². The van der Waals surface area contributed by atoms with Gasteiger partial charge in [-0.2, -0.15) is 0 Å². The summed E-state index contributed by atoms with van der Waals surface area (Å²) in [5.41, 5.74) is 0.968. The van der Waals surface area contributed by atoms with E-state index in [1.54, 1.807) is 12.1 Å². The quantitative estimate of drug-likeness (QED) is 0.719. The first kappa shape index (κ1) is 13.7. The molecule has 0 aliphatic rings. The van der Waals surface area contributed by atoms with Gasteiger partial charge in [0, 0.05) is 0 Å². The first-order valence-electron chi connectivity index (χ1n) is 5.21. The van der Waals surface area contributed by atoms with Gasteiger partial charge in [0.2, 0.25) is 0 Å². The van der Waals surface area contributed by atoms with Crippen LogP contribution in [0.4, 0.5) is 4.39 Å². The van der Waals surface area contributed by atoms with E-state index in [0.717, 1.165) is 5.69 Å². The Morgan fingerprint density at radius 2 is 2.00 bits per heavy atom. The molecule has 0 bridgehead atoms. The summed E-state index contributed by atoms with van der Waals surface area (Å²) in [7, 11) is 0. The van der Waals surface area contributed by atoms with Gasteiger partial charge in [0.15, 0.2) is 11.6 Å². The Hall–Kier alpha value is -0.710. The fourth-order valence-corrected chi connectivity index (χ4v) is 2.32. The van der Waals surface area contributed by atoms with E-state index in [9.17, 15) is 4.39 Å². The molecular formula is C12H8BrCl2FN2. The number of halogens is 4. The van der Waals surface area contributed by atoms with Crippen molar-refractivity contribution < 1.29 is 4.39 Å². The van der Waals surface area contributed by atoms with Crippen molar-refractivity contribution in [1.29, 1.82) is 0 Å². The monoisotopic (exact) mass is 348 g/mol. The fourth-order valence-electron chi connectivity index (χ4n) is 1.49. The number of nitrogens with zero attached hydrogens (tertiary/aromatic N) is 2. The van der Waals surface area contributed by atoms with E-state index in [1.165, 1.54) is 6.07 Å². The Morgan fingerprint density at radius 3 is 2.67 bits per heavy atom. The lowest BCUT2D eigenvalue weighted by atomic mass is 10.2. The summed E-state index contributed by atoms with van der Waals surface area (Å²) in [6, 6.07) is 4.69. The van der Waals surface area contributed by atoms with Crippen molar-refractivity contribution >= 4 is 39.1 Å². The molecule has 2 aromatic rings. The molecule has 0 aliphatic carbocycles. The average Bonchev–Trinajstić information content (AvgIpc) is 2.36. The Balaban J connectivity index is 2.64. The average molecular weight is 350 g/mol. The van der Waals surface area contributed by atoms with Crippen LogP contribution in [0.5, 0.6) is 0 Å². The summed E-state index contributed by atoms with van der Waals surface area (Å²) < 4.78 is 14.5. The van der Waals surface area contributed by atoms with Crippen LogP contribution in [0.25, 0.3) is 11.4 Å². The highest BCUT2D eigenvalue weighted by Gasteiger charge is 2.15. The Morgan fingerprint density at radius 1 is 1.28 bits per heavy atom. The molecule has 0 fully saturated rings. The molecule has 0 aliphatic heterocycles. The van der Waals surface area contributed by atoms with Crippen LogP contribution in [0.3, 0.4) is 0 Å². The van der Waals surface area contributed by atoms with E-state index in [0.29, 0.717) is 10.9 Å². The van der Waals surface area contributed by atoms with E-state index in [1.807, 2.05) is 6.92 Å². The van der Waals surface area contributed by atoms with Gasteiger partial charge in [0.25, 0.3) is 0 Å². The molecule has 0 unspecified atom stereocenters. The lowest BCUT2D eigenvalue weighted by Crippen LogP contribution is -1.99. The van der Waals surface area contributed by atoms with Gasteiger partial charge in [-0.25, -0.2) is 14.4 Å². The molecule has 94 valence electrons. The fraction of sp³-hybridized carbons (Fsp3) is 0.167. The molecule has 2 rings (SSSR count). The Labute approximate surface area is 122 Å². The molecule has 6 heteroatoms. The minimum atomic E-state index is -0.542. The molecule has 0 saturated heterocycles. The zero-order valence-electron chi connectivity index (χ0n) is 9.35. The van der Waals surface area contributed by atoms with Crippen molar-refractivity contribution in [3.63, 3.8) is 0 Å². The van der Waals surface area contributed by atoms with Gasteiger partial charge in [-0.3, -0.25) is 0 Å². The zero-order valence-corrected chi connectivity index (χ0v) is 12.4. The van der Waals surface area contributed by atoms with Gasteiger partial charge in [0.1, 0.15) is 5.15 Å². The van der Waals surface area contributed by atoms with E-state index >= 15 is 0 Å². The molecule has 0 atom stereocenters. The van der Waals surface area contributed by atoms with Crippen LogP contribution in [0.15, 0.2) is 22.7 Å². The molecule has 0 N–H and O–H groups in total. The molecule has 1 aromatic carbocycles. The minimum Gasteiger partial charge on any atom is -0.232 e.